The van der Waals surface area contributed by atoms with Crippen LogP contribution in [0.15, 0.2) is 12.0 Å². The van der Waals surface area contributed by atoms with Crippen LogP contribution in [0.25, 0.3) is 0 Å². The first kappa shape index (κ1) is 15.1. The largest absolute Gasteiger partial charge is 0.494 e. The summed E-state index contributed by atoms with van der Waals surface area (Å²) >= 11 is 0. The van der Waals surface area contributed by atoms with Crippen LogP contribution in [0, 0.1) is 0 Å². The van der Waals surface area contributed by atoms with Gasteiger partial charge in [-0.2, -0.15) is 0 Å². The normalized spacial score (nSPS) is 26.1. The zero-order chi connectivity index (χ0) is 14.2. The van der Waals surface area contributed by atoms with Gasteiger partial charge in [0.05, 0.1) is 6.10 Å². The number of ether oxygens (including phenoxy) is 3. The van der Waals surface area contributed by atoms with E-state index in [1.54, 1.807) is 0 Å². The molecule has 0 aromatic carbocycles. The average Bonchev–Trinajstić information content (AvgIpc) is 2.49. The van der Waals surface area contributed by atoms with Crippen molar-refractivity contribution >= 4 is 5.91 Å². The Morgan fingerprint density at radius 2 is 2.15 bits per heavy atom. The third kappa shape index (κ3) is 5.02. The van der Waals surface area contributed by atoms with E-state index in [0.717, 1.165) is 32.1 Å². The van der Waals surface area contributed by atoms with Crippen LogP contribution >= 0.6 is 0 Å². The molecule has 1 fully saturated rings. The van der Waals surface area contributed by atoms with Crippen molar-refractivity contribution in [3.63, 3.8) is 0 Å². The van der Waals surface area contributed by atoms with Crippen molar-refractivity contribution in [2.45, 2.75) is 44.2 Å². The highest BCUT2D eigenvalue weighted by atomic mass is 16.6. The highest BCUT2D eigenvalue weighted by molar-refractivity contribution is 5.91. The number of nitrogens with two attached hydrogens (primary N) is 1. The van der Waals surface area contributed by atoms with Gasteiger partial charge in [-0.3, -0.25) is 4.79 Å². The molecule has 0 saturated heterocycles. The molecular weight excluding hydrogens is 260 g/mol. The summed E-state index contributed by atoms with van der Waals surface area (Å²) in [7, 11) is 0. The fourth-order valence-electron chi connectivity index (χ4n) is 2.35. The lowest BCUT2D eigenvalue weighted by atomic mass is 9.94. The standard InChI is InChI=1S/C14H24N2O4/c15-11-2-4-12(5-3-11)19-7-1-6-16-14(17)13-10-18-8-9-20-13/h10-12H,1-9,15H2,(H,16,17). The minimum atomic E-state index is -0.228. The minimum absolute atomic E-state index is 0.228. The average molecular weight is 284 g/mol. The van der Waals surface area contributed by atoms with E-state index in [0.29, 0.717) is 38.5 Å². The van der Waals surface area contributed by atoms with Gasteiger partial charge in [0.1, 0.15) is 19.5 Å². The summed E-state index contributed by atoms with van der Waals surface area (Å²) in [6.45, 7) is 2.16. The Hall–Kier alpha value is -1.27. The van der Waals surface area contributed by atoms with Crippen LogP contribution in [0.3, 0.4) is 0 Å². The maximum Gasteiger partial charge on any atom is 0.289 e. The Morgan fingerprint density at radius 3 is 2.85 bits per heavy atom. The molecule has 3 N–H and O–H groups in total. The molecular formula is C14H24N2O4. The van der Waals surface area contributed by atoms with E-state index in [2.05, 4.69) is 5.32 Å². The molecule has 1 aliphatic heterocycles. The molecule has 114 valence electrons. The number of hydrogen-bond donors (Lipinski definition) is 2. The number of carbonyl (C=O) groups is 1. The summed E-state index contributed by atoms with van der Waals surface area (Å²) < 4.78 is 16.0. The number of carbonyl (C=O) groups excluding carboxylic acids is 1. The smallest absolute Gasteiger partial charge is 0.289 e. The molecule has 0 unspecified atom stereocenters. The molecule has 1 amide bonds. The molecule has 2 aliphatic rings. The Kier molecular flexibility index (Phi) is 6.14. The fraction of sp³-hybridized carbons (Fsp3) is 0.786. The fourth-order valence-corrected chi connectivity index (χ4v) is 2.35. The monoisotopic (exact) mass is 284 g/mol. The topological polar surface area (TPSA) is 82.8 Å². The van der Waals surface area contributed by atoms with Crippen LogP contribution in [0.1, 0.15) is 32.1 Å². The van der Waals surface area contributed by atoms with Crippen LogP contribution in [-0.4, -0.2) is 44.4 Å². The molecule has 0 atom stereocenters. The van der Waals surface area contributed by atoms with E-state index in [1.807, 2.05) is 0 Å². The van der Waals surface area contributed by atoms with Crippen LogP contribution < -0.4 is 11.1 Å². The van der Waals surface area contributed by atoms with Crippen molar-refractivity contribution in [3.8, 4) is 0 Å². The Bertz CT molecular complexity index is 338. The van der Waals surface area contributed by atoms with Crippen LogP contribution in [0.2, 0.25) is 0 Å². The second-order valence-electron chi connectivity index (χ2n) is 5.22. The molecule has 0 aromatic rings. The van der Waals surface area contributed by atoms with Crippen LogP contribution in [-0.2, 0) is 19.0 Å². The first-order chi connectivity index (χ1) is 9.75. The summed E-state index contributed by atoms with van der Waals surface area (Å²) in [6, 6.07) is 0.347. The van der Waals surface area contributed by atoms with Gasteiger partial charge in [0.25, 0.3) is 5.91 Å². The van der Waals surface area contributed by atoms with Gasteiger partial charge >= 0.3 is 0 Å². The van der Waals surface area contributed by atoms with E-state index in [4.69, 9.17) is 19.9 Å². The molecule has 0 spiro atoms. The van der Waals surface area contributed by atoms with Crippen LogP contribution in [0.4, 0.5) is 0 Å². The van der Waals surface area contributed by atoms with Gasteiger partial charge in [0.2, 0.25) is 5.76 Å². The maximum absolute atomic E-state index is 11.7. The predicted molar refractivity (Wildman–Crippen MR) is 73.8 cm³/mol. The summed E-state index contributed by atoms with van der Waals surface area (Å²) in [6.07, 6.45) is 6.68. The molecule has 1 heterocycles. The van der Waals surface area contributed by atoms with Crippen molar-refractivity contribution in [2.24, 2.45) is 5.73 Å². The molecule has 20 heavy (non-hydrogen) atoms. The lowest BCUT2D eigenvalue weighted by Gasteiger charge is -2.26. The third-order valence-electron chi connectivity index (χ3n) is 3.55. The van der Waals surface area contributed by atoms with E-state index in [1.165, 1.54) is 6.26 Å². The van der Waals surface area contributed by atoms with E-state index in [-0.39, 0.29) is 11.7 Å². The Morgan fingerprint density at radius 1 is 1.35 bits per heavy atom. The van der Waals surface area contributed by atoms with Crippen molar-refractivity contribution < 1.29 is 19.0 Å². The highest BCUT2D eigenvalue weighted by Gasteiger charge is 2.18. The first-order valence-electron chi connectivity index (χ1n) is 7.35. The van der Waals surface area contributed by atoms with E-state index >= 15 is 0 Å². The number of nitrogens with one attached hydrogen (secondary N) is 1. The summed E-state index contributed by atoms with van der Waals surface area (Å²) in [5.74, 6) is 0.0202. The lowest BCUT2D eigenvalue weighted by Crippen LogP contribution is -2.32. The van der Waals surface area contributed by atoms with E-state index in [9.17, 15) is 4.79 Å². The van der Waals surface area contributed by atoms with Crippen molar-refractivity contribution in [1.29, 1.82) is 0 Å². The van der Waals surface area contributed by atoms with Gasteiger partial charge in [0.15, 0.2) is 0 Å². The van der Waals surface area contributed by atoms with E-state index < -0.39 is 0 Å². The second-order valence-corrected chi connectivity index (χ2v) is 5.22. The van der Waals surface area contributed by atoms with Gasteiger partial charge in [-0.25, -0.2) is 0 Å². The maximum atomic E-state index is 11.7. The lowest BCUT2D eigenvalue weighted by molar-refractivity contribution is -0.122. The molecule has 1 aliphatic carbocycles. The number of rotatable bonds is 6. The number of amides is 1. The van der Waals surface area contributed by atoms with Gasteiger partial charge in [-0.1, -0.05) is 0 Å². The molecule has 0 aromatic heterocycles. The van der Waals surface area contributed by atoms with Gasteiger partial charge in [-0.15, -0.1) is 0 Å². The number of hydrogen-bond acceptors (Lipinski definition) is 5. The van der Waals surface area contributed by atoms with Gasteiger partial charge in [-0.05, 0) is 32.1 Å². The quantitative estimate of drug-likeness (QED) is 0.700. The van der Waals surface area contributed by atoms with Crippen LogP contribution in [0.5, 0.6) is 0 Å². The minimum Gasteiger partial charge on any atom is -0.494 e. The molecule has 6 nitrogen and oxygen atoms in total. The predicted octanol–water partition coefficient (Wildman–Crippen LogP) is 0.667. The van der Waals surface area contributed by atoms with Crippen molar-refractivity contribution in [3.05, 3.63) is 12.0 Å². The van der Waals surface area contributed by atoms with Crippen molar-refractivity contribution in [1.82, 2.24) is 5.32 Å². The third-order valence-corrected chi connectivity index (χ3v) is 3.55. The summed E-state index contributed by atoms with van der Waals surface area (Å²) in [5.41, 5.74) is 5.85. The Balaban J connectivity index is 1.51. The summed E-state index contributed by atoms with van der Waals surface area (Å²) in [5, 5.41) is 2.78. The molecule has 0 bridgehead atoms. The van der Waals surface area contributed by atoms with Gasteiger partial charge in [0, 0.05) is 19.2 Å². The first-order valence-corrected chi connectivity index (χ1v) is 7.35. The molecule has 6 heteroatoms. The highest BCUT2D eigenvalue weighted by Crippen LogP contribution is 2.19. The van der Waals surface area contributed by atoms with Gasteiger partial charge < -0.3 is 25.3 Å². The SMILES string of the molecule is NC1CCC(OCCCNC(=O)C2=COCCO2)CC1. The molecule has 1 saturated carbocycles. The van der Waals surface area contributed by atoms with Crippen molar-refractivity contribution in [2.75, 3.05) is 26.4 Å². The second kappa shape index (κ2) is 8.11. The zero-order valence-corrected chi connectivity index (χ0v) is 11.8. The molecule has 2 rings (SSSR count). The zero-order valence-electron chi connectivity index (χ0n) is 11.8. The molecule has 0 radical (unpaired) electrons. The summed E-state index contributed by atoms with van der Waals surface area (Å²) in [4.78, 5) is 11.7. The Labute approximate surface area is 119 Å².